The molecule has 0 saturated heterocycles. The highest BCUT2D eigenvalue weighted by Crippen LogP contribution is 2.10. The predicted octanol–water partition coefficient (Wildman–Crippen LogP) is 1.09. The molecule has 0 spiro atoms. The number of amides is 2. The van der Waals surface area contributed by atoms with Crippen molar-refractivity contribution in [2.75, 3.05) is 20.2 Å². The van der Waals surface area contributed by atoms with Gasteiger partial charge >= 0.3 is 0 Å². The first-order valence-electron chi connectivity index (χ1n) is 7.04. The smallest absolute Gasteiger partial charge is 0.251 e. The molecular formula is C15H24ClN3O3. The van der Waals surface area contributed by atoms with Gasteiger partial charge in [0.15, 0.2) is 0 Å². The van der Waals surface area contributed by atoms with Crippen molar-refractivity contribution in [2.24, 2.45) is 5.73 Å². The molecular weight excluding hydrogens is 306 g/mol. The standard InChI is InChI=1S/C15H23N3O3.ClH/c1-3-4-13(16)15(20)18-10-9-17-14(19)11-5-7-12(21-2)8-6-11;/h5-8,13H,3-4,9-10,16H2,1-2H3,(H,17,19)(H,18,20);1H. The number of halogens is 1. The van der Waals surface area contributed by atoms with Gasteiger partial charge in [0.2, 0.25) is 5.91 Å². The van der Waals surface area contributed by atoms with E-state index in [9.17, 15) is 9.59 Å². The highest BCUT2D eigenvalue weighted by molar-refractivity contribution is 5.94. The summed E-state index contributed by atoms with van der Waals surface area (Å²) in [6.07, 6.45) is 1.52. The third kappa shape index (κ3) is 6.78. The first-order valence-corrected chi connectivity index (χ1v) is 7.04. The van der Waals surface area contributed by atoms with Crippen molar-refractivity contribution in [2.45, 2.75) is 25.8 Å². The summed E-state index contributed by atoms with van der Waals surface area (Å²) < 4.78 is 5.02. The molecule has 0 heterocycles. The predicted molar refractivity (Wildman–Crippen MR) is 88.5 cm³/mol. The summed E-state index contributed by atoms with van der Waals surface area (Å²) in [7, 11) is 1.57. The van der Waals surface area contributed by atoms with Crippen LogP contribution < -0.4 is 21.1 Å². The quantitative estimate of drug-likeness (QED) is 0.622. The monoisotopic (exact) mass is 329 g/mol. The van der Waals surface area contributed by atoms with E-state index in [-0.39, 0.29) is 24.2 Å². The van der Waals surface area contributed by atoms with E-state index in [1.165, 1.54) is 0 Å². The molecule has 2 amide bonds. The van der Waals surface area contributed by atoms with Gasteiger partial charge in [-0.25, -0.2) is 0 Å². The maximum atomic E-state index is 11.8. The van der Waals surface area contributed by atoms with Gasteiger partial charge in [-0.05, 0) is 30.7 Å². The van der Waals surface area contributed by atoms with Crippen LogP contribution in [0.2, 0.25) is 0 Å². The summed E-state index contributed by atoms with van der Waals surface area (Å²) in [5, 5.41) is 5.42. The van der Waals surface area contributed by atoms with E-state index in [0.717, 1.165) is 6.42 Å². The molecule has 4 N–H and O–H groups in total. The van der Waals surface area contributed by atoms with Gasteiger partial charge < -0.3 is 21.1 Å². The topological polar surface area (TPSA) is 93.5 Å². The zero-order valence-corrected chi connectivity index (χ0v) is 13.7. The van der Waals surface area contributed by atoms with E-state index in [2.05, 4.69) is 10.6 Å². The Bertz CT molecular complexity index is 466. The van der Waals surface area contributed by atoms with E-state index >= 15 is 0 Å². The number of benzene rings is 1. The fourth-order valence-corrected chi connectivity index (χ4v) is 1.78. The molecule has 7 heteroatoms. The van der Waals surface area contributed by atoms with Crippen molar-refractivity contribution in [1.82, 2.24) is 10.6 Å². The minimum Gasteiger partial charge on any atom is -0.497 e. The lowest BCUT2D eigenvalue weighted by Gasteiger charge is -2.11. The van der Waals surface area contributed by atoms with Crippen LogP contribution in [0, 0.1) is 0 Å². The van der Waals surface area contributed by atoms with Gasteiger partial charge in [0.1, 0.15) is 5.75 Å². The molecule has 6 nitrogen and oxygen atoms in total. The third-order valence-electron chi connectivity index (χ3n) is 3.00. The Morgan fingerprint density at radius 2 is 1.77 bits per heavy atom. The molecule has 0 aliphatic rings. The summed E-state index contributed by atoms with van der Waals surface area (Å²) in [5.41, 5.74) is 6.22. The number of nitrogens with two attached hydrogens (primary N) is 1. The van der Waals surface area contributed by atoms with Crippen LogP contribution in [0.15, 0.2) is 24.3 Å². The molecule has 1 aromatic carbocycles. The molecule has 1 rings (SSSR count). The van der Waals surface area contributed by atoms with E-state index in [0.29, 0.717) is 30.8 Å². The van der Waals surface area contributed by atoms with Crippen molar-refractivity contribution in [3.8, 4) is 5.75 Å². The van der Waals surface area contributed by atoms with Crippen molar-refractivity contribution >= 4 is 24.2 Å². The Morgan fingerprint density at radius 3 is 2.32 bits per heavy atom. The van der Waals surface area contributed by atoms with Crippen LogP contribution in [0.25, 0.3) is 0 Å². The molecule has 124 valence electrons. The summed E-state index contributed by atoms with van der Waals surface area (Å²) in [6, 6.07) is 6.33. The maximum Gasteiger partial charge on any atom is 0.251 e. The first kappa shape index (κ1) is 20.2. The summed E-state index contributed by atoms with van der Waals surface area (Å²) in [6.45, 7) is 2.69. The molecule has 0 fully saturated rings. The van der Waals surface area contributed by atoms with Crippen LogP contribution in [0.5, 0.6) is 5.75 Å². The van der Waals surface area contributed by atoms with Gasteiger partial charge in [-0.1, -0.05) is 13.3 Å². The Balaban J connectivity index is 0.00000441. The second kappa shape index (κ2) is 10.9. The van der Waals surface area contributed by atoms with E-state index in [4.69, 9.17) is 10.5 Å². The number of rotatable bonds is 8. The van der Waals surface area contributed by atoms with Crippen LogP contribution in [-0.2, 0) is 4.79 Å². The number of methoxy groups -OCH3 is 1. The summed E-state index contributed by atoms with van der Waals surface area (Å²) >= 11 is 0. The minimum atomic E-state index is -0.479. The van der Waals surface area contributed by atoms with Gasteiger partial charge in [0, 0.05) is 18.7 Å². The third-order valence-corrected chi connectivity index (χ3v) is 3.00. The number of hydrogen-bond acceptors (Lipinski definition) is 4. The lowest BCUT2D eigenvalue weighted by atomic mass is 10.2. The molecule has 0 saturated carbocycles. The van der Waals surface area contributed by atoms with Gasteiger partial charge in [-0.15, -0.1) is 12.4 Å². The largest absolute Gasteiger partial charge is 0.497 e. The van der Waals surface area contributed by atoms with Gasteiger partial charge in [0.05, 0.1) is 13.2 Å². The molecule has 0 aromatic heterocycles. The molecule has 0 radical (unpaired) electrons. The summed E-state index contributed by atoms with van der Waals surface area (Å²) in [5.74, 6) is 0.323. The number of carbonyl (C=O) groups excluding carboxylic acids is 2. The van der Waals surface area contributed by atoms with E-state index in [1.807, 2.05) is 6.92 Å². The van der Waals surface area contributed by atoms with Crippen molar-refractivity contribution < 1.29 is 14.3 Å². The Morgan fingerprint density at radius 1 is 1.18 bits per heavy atom. The van der Waals surface area contributed by atoms with Crippen molar-refractivity contribution in [3.63, 3.8) is 0 Å². The first-order chi connectivity index (χ1) is 10.1. The second-order valence-electron chi connectivity index (χ2n) is 4.67. The SMILES string of the molecule is CCCC(N)C(=O)NCCNC(=O)c1ccc(OC)cc1.Cl. The molecule has 1 atom stereocenters. The number of ether oxygens (including phenoxy) is 1. The van der Waals surface area contributed by atoms with Crippen LogP contribution >= 0.6 is 12.4 Å². The van der Waals surface area contributed by atoms with Crippen LogP contribution in [0.4, 0.5) is 0 Å². The summed E-state index contributed by atoms with van der Waals surface area (Å²) in [4.78, 5) is 23.4. The molecule has 1 unspecified atom stereocenters. The second-order valence-corrected chi connectivity index (χ2v) is 4.67. The average Bonchev–Trinajstić information content (AvgIpc) is 2.51. The van der Waals surface area contributed by atoms with Crippen LogP contribution in [0.1, 0.15) is 30.1 Å². The zero-order chi connectivity index (χ0) is 15.7. The number of hydrogen-bond donors (Lipinski definition) is 3. The number of carbonyl (C=O) groups is 2. The Hall–Kier alpha value is -1.79. The average molecular weight is 330 g/mol. The van der Waals surface area contributed by atoms with Gasteiger partial charge in [-0.2, -0.15) is 0 Å². The van der Waals surface area contributed by atoms with Gasteiger partial charge in [0.25, 0.3) is 5.91 Å². The van der Waals surface area contributed by atoms with Crippen molar-refractivity contribution in [3.05, 3.63) is 29.8 Å². The highest BCUT2D eigenvalue weighted by atomic mass is 35.5. The molecule has 1 aromatic rings. The fraction of sp³-hybridized carbons (Fsp3) is 0.467. The van der Waals surface area contributed by atoms with Crippen molar-refractivity contribution in [1.29, 1.82) is 0 Å². The van der Waals surface area contributed by atoms with E-state index in [1.54, 1.807) is 31.4 Å². The molecule has 0 aliphatic carbocycles. The zero-order valence-electron chi connectivity index (χ0n) is 12.9. The molecule has 0 bridgehead atoms. The molecule has 22 heavy (non-hydrogen) atoms. The van der Waals surface area contributed by atoms with Crippen LogP contribution in [-0.4, -0.2) is 38.1 Å². The highest BCUT2D eigenvalue weighted by Gasteiger charge is 2.11. The number of nitrogens with one attached hydrogen (secondary N) is 2. The molecule has 0 aliphatic heterocycles. The minimum absolute atomic E-state index is 0. The fourth-order valence-electron chi connectivity index (χ4n) is 1.78. The van der Waals surface area contributed by atoms with E-state index < -0.39 is 6.04 Å². The Kier molecular flexibility index (Phi) is 9.98. The lowest BCUT2D eigenvalue weighted by Crippen LogP contribution is -2.43. The van der Waals surface area contributed by atoms with Gasteiger partial charge in [-0.3, -0.25) is 9.59 Å². The maximum absolute atomic E-state index is 11.8. The lowest BCUT2D eigenvalue weighted by molar-refractivity contribution is -0.122. The Labute approximate surface area is 137 Å². The normalized spacial score (nSPS) is 11.0. The van der Waals surface area contributed by atoms with Crippen LogP contribution in [0.3, 0.4) is 0 Å².